The van der Waals surface area contributed by atoms with E-state index >= 15 is 0 Å². The Kier molecular flexibility index (Phi) is 3.00. The molecule has 0 aliphatic heterocycles. The summed E-state index contributed by atoms with van der Waals surface area (Å²) in [5.74, 6) is 3.10. The second kappa shape index (κ2) is 4.94. The third-order valence-electron chi connectivity index (χ3n) is 6.99. The monoisotopic (exact) mass is 293 g/mol. The van der Waals surface area contributed by atoms with Crippen molar-refractivity contribution < 1.29 is 0 Å². The molecule has 1 aromatic rings. The molecule has 5 saturated carbocycles. The largest absolute Gasteiger partial charge is 0.258 e. The Morgan fingerprint density at radius 3 is 1.86 bits per heavy atom. The van der Waals surface area contributed by atoms with E-state index in [0.29, 0.717) is 5.41 Å². The van der Waals surface area contributed by atoms with Gasteiger partial charge in [-0.25, -0.2) is 0 Å². The van der Waals surface area contributed by atoms with Crippen LogP contribution >= 0.6 is 0 Å². The summed E-state index contributed by atoms with van der Waals surface area (Å²) in [4.78, 5) is 4.86. The summed E-state index contributed by atoms with van der Waals surface area (Å²) in [6, 6.07) is 9.42. The maximum Gasteiger partial charge on any atom is 0.0629 e. The van der Waals surface area contributed by atoms with Gasteiger partial charge in [-0.1, -0.05) is 12.1 Å². The van der Waals surface area contributed by atoms with E-state index in [1.54, 1.807) is 5.56 Å². The van der Waals surface area contributed by atoms with Crippen LogP contribution < -0.4 is 0 Å². The predicted octanol–water partition coefficient (Wildman–Crippen LogP) is 5.80. The van der Waals surface area contributed by atoms with Crippen molar-refractivity contribution in [2.75, 3.05) is 0 Å². The molecule has 1 aromatic carbocycles. The Morgan fingerprint density at radius 1 is 0.773 bits per heavy atom. The summed E-state index contributed by atoms with van der Waals surface area (Å²) in [7, 11) is 0. The summed E-state index contributed by atoms with van der Waals surface area (Å²) < 4.78 is 0. The zero-order valence-electron chi connectivity index (χ0n) is 13.6. The van der Waals surface area contributed by atoms with Crippen LogP contribution in [0.1, 0.15) is 69.8 Å². The van der Waals surface area contributed by atoms with Gasteiger partial charge in [-0.15, -0.1) is 0 Å². The summed E-state index contributed by atoms with van der Waals surface area (Å²) in [6.07, 6.45) is 14.1. The van der Waals surface area contributed by atoms with Crippen molar-refractivity contribution in [1.29, 1.82) is 0 Å². The number of rotatable bonds is 2. The molecule has 5 fully saturated rings. The Morgan fingerprint density at radius 2 is 1.32 bits per heavy atom. The molecule has 0 heterocycles. The van der Waals surface area contributed by atoms with Gasteiger partial charge in [0.25, 0.3) is 0 Å². The van der Waals surface area contributed by atoms with Crippen LogP contribution in [0.15, 0.2) is 29.3 Å². The first-order valence-corrected chi connectivity index (χ1v) is 9.46. The van der Waals surface area contributed by atoms with Gasteiger partial charge >= 0.3 is 0 Å². The fraction of sp³-hybridized carbons (Fsp3) is 0.667. The fourth-order valence-corrected chi connectivity index (χ4v) is 6.43. The summed E-state index contributed by atoms with van der Waals surface area (Å²) in [5.41, 5.74) is 4.77. The quantitative estimate of drug-likeness (QED) is 0.653. The number of hydrogen-bond donors (Lipinski definition) is 0. The topological polar surface area (TPSA) is 12.4 Å². The molecule has 0 amide bonds. The molecule has 4 bridgehead atoms. The van der Waals surface area contributed by atoms with Crippen LogP contribution in [0.25, 0.3) is 0 Å². The van der Waals surface area contributed by atoms with Crippen LogP contribution in [0, 0.1) is 17.8 Å². The highest BCUT2D eigenvalue weighted by molar-refractivity contribution is 5.88. The summed E-state index contributed by atoms with van der Waals surface area (Å²) in [5, 5.41) is 0. The highest BCUT2D eigenvalue weighted by atomic mass is 14.7. The molecule has 0 saturated heterocycles. The van der Waals surface area contributed by atoms with Crippen LogP contribution in [0.4, 0.5) is 5.69 Å². The predicted molar refractivity (Wildman–Crippen MR) is 91.9 cm³/mol. The first kappa shape index (κ1) is 13.3. The van der Waals surface area contributed by atoms with Crippen LogP contribution in [0.3, 0.4) is 0 Å². The van der Waals surface area contributed by atoms with E-state index in [-0.39, 0.29) is 0 Å². The molecule has 0 radical (unpaired) electrons. The van der Waals surface area contributed by atoms with Gasteiger partial charge in [-0.05, 0) is 105 Å². The van der Waals surface area contributed by atoms with Gasteiger partial charge in [0, 0.05) is 5.71 Å². The Hall–Kier alpha value is -1.11. The van der Waals surface area contributed by atoms with Gasteiger partial charge in [0.15, 0.2) is 0 Å². The van der Waals surface area contributed by atoms with Crippen molar-refractivity contribution in [3.8, 4) is 0 Å². The Bertz CT molecular complexity index is 552. The SMILES string of the molecule is c1cc(C23CC4CC(CC(C4)C2)C3)ccc1N=C1CCCC1. The van der Waals surface area contributed by atoms with Gasteiger partial charge in [0.05, 0.1) is 5.69 Å². The van der Waals surface area contributed by atoms with Crippen LogP contribution in [0.2, 0.25) is 0 Å². The fourth-order valence-electron chi connectivity index (χ4n) is 6.43. The Balaban J connectivity index is 1.42. The lowest BCUT2D eigenvalue weighted by Gasteiger charge is -2.57. The van der Waals surface area contributed by atoms with E-state index in [1.807, 2.05) is 0 Å². The smallest absolute Gasteiger partial charge is 0.0629 e. The lowest BCUT2D eigenvalue weighted by molar-refractivity contribution is -0.00518. The van der Waals surface area contributed by atoms with Crippen molar-refractivity contribution in [2.45, 2.75) is 69.6 Å². The Labute approximate surface area is 134 Å². The molecule has 116 valence electrons. The lowest BCUT2D eigenvalue weighted by Crippen LogP contribution is -2.48. The zero-order valence-corrected chi connectivity index (χ0v) is 13.6. The van der Waals surface area contributed by atoms with Crippen LogP contribution in [-0.4, -0.2) is 5.71 Å². The zero-order chi connectivity index (χ0) is 14.6. The molecule has 0 unspecified atom stereocenters. The van der Waals surface area contributed by atoms with Crippen molar-refractivity contribution >= 4 is 11.4 Å². The van der Waals surface area contributed by atoms with Gasteiger partial charge in [0.1, 0.15) is 0 Å². The average molecular weight is 293 g/mol. The molecule has 6 rings (SSSR count). The van der Waals surface area contributed by atoms with Crippen molar-refractivity contribution in [1.82, 2.24) is 0 Å². The normalized spacial score (nSPS) is 39.5. The maximum absolute atomic E-state index is 4.86. The van der Waals surface area contributed by atoms with Crippen LogP contribution in [0.5, 0.6) is 0 Å². The number of hydrogen-bond acceptors (Lipinski definition) is 1. The second-order valence-electron chi connectivity index (χ2n) is 8.63. The minimum absolute atomic E-state index is 0.535. The van der Waals surface area contributed by atoms with E-state index in [2.05, 4.69) is 24.3 Å². The molecule has 0 spiro atoms. The lowest BCUT2D eigenvalue weighted by atomic mass is 9.48. The van der Waals surface area contributed by atoms with E-state index in [1.165, 1.54) is 75.6 Å². The van der Waals surface area contributed by atoms with E-state index in [4.69, 9.17) is 4.99 Å². The van der Waals surface area contributed by atoms with E-state index < -0.39 is 0 Å². The number of benzene rings is 1. The summed E-state index contributed by atoms with van der Waals surface area (Å²) >= 11 is 0. The first-order chi connectivity index (χ1) is 10.8. The van der Waals surface area contributed by atoms with Crippen molar-refractivity contribution in [2.24, 2.45) is 22.7 Å². The van der Waals surface area contributed by atoms with Gasteiger partial charge in [0.2, 0.25) is 0 Å². The van der Waals surface area contributed by atoms with Crippen molar-refractivity contribution in [3.63, 3.8) is 0 Å². The van der Waals surface area contributed by atoms with Gasteiger partial charge < -0.3 is 0 Å². The molecular weight excluding hydrogens is 266 g/mol. The molecule has 0 aromatic heterocycles. The number of nitrogens with zero attached hydrogens (tertiary/aromatic N) is 1. The molecule has 5 aliphatic rings. The molecule has 1 nitrogen and oxygen atoms in total. The van der Waals surface area contributed by atoms with Gasteiger partial charge in [-0.2, -0.15) is 0 Å². The third-order valence-corrected chi connectivity index (χ3v) is 6.99. The molecule has 5 aliphatic carbocycles. The molecule has 0 N–H and O–H groups in total. The van der Waals surface area contributed by atoms with Gasteiger partial charge in [-0.3, -0.25) is 4.99 Å². The molecular formula is C21H27N. The van der Waals surface area contributed by atoms with E-state index in [0.717, 1.165) is 17.8 Å². The molecule has 22 heavy (non-hydrogen) atoms. The minimum Gasteiger partial charge on any atom is -0.258 e. The summed E-state index contributed by atoms with van der Waals surface area (Å²) in [6.45, 7) is 0. The third kappa shape index (κ3) is 2.16. The molecule has 0 atom stereocenters. The second-order valence-corrected chi connectivity index (χ2v) is 8.63. The standard InChI is InChI=1S/C21H27N/c1-2-4-19(3-1)22-20-7-5-18(6-8-20)21-12-15-9-16(13-21)11-17(10-15)14-21/h5-8,15-17H,1-4,9-14H2. The van der Waals surface area contributed by atoms with Crippen LogP contribution in [-0.2, 0) is 5.41 Å². The maximum atomic E-state index is 4.86. The van der Waals surface area contributed by atoms with E-state index in [9.17, 15) is 0 Å². The average Bonchev–Trinajstić information content (AvgIpc) is 2.99. The highest BCUT2D eigenvalue weighted by Crippen LogP contribution is 2.60. The van der Waals surface area contributed by atoms with Crippen molar-refractivity contribution in [3.05, 3.63) is 29.8 Å². The minimum atomic E-state index is 0.535. The molecule has 1 heteroatoms. The first-order valence-electron chi connectivity index (χ1n) is 9.46. The highest BCUT2D eigenvalue weighted by Gasteiger charge is 2.51. The number of aliphatic imine (C=N–C) groups is 1.